The summed E-state index contributed by atoms with van der Waals surface area (Å²) >= 11 is 0. The van der Waals surface area contributed by atoms with Crippen LogP contribution in [0.4, 0.5) is 5.69 Å². The quantitative estimate of drug-likeness (QED) is 0.869. The minimum Gasteiger partial charge on any atom is -0.320 e. The third-order valence-corrected chi connectivity index (χ3v) is 2.85. The van der Waals surface area contributed by atoms with Crippen molar-refractivity contribution in [2.24, 2.45) is 11.7 Å². The first kappa shape index (κ1) is 13.7. The van der Waals surface area contributed by atoms with E-state index in [1.54, 1.807) is 11.9 Å². The smallest absolute Gasteiger partial charge is 0.243 e. The van der Waals surface area contributed by atoms with Gasteiger partial charge in [-0.05, 0) is 30.9 Å². The van der Waals surface area contributed by atoms with Crippen molar-refractivity contribution >= 4 is 11.6 Å². The summed E-state index contributed by atoms with van der Waals surface area (Å²) in [6.45, 7) is 6.13. The highest BCUT2D eigenvalue weighted by Gasteiger charge is 2.20. The van der Waals surface area contributed by atoms with Gasteiger partial charge in [0.1, 0.15) is 0 Å². The number of anilines is 1. The maximum atomic E-state index is 12.1. The molecule has 0 bridgehead atoms. The Bertz CT molecular complexity index is 388. The average Bonchev–Trinajstić information content (AvgIpc) is 2.27. The van der Waals surface area contributed by atoms with E-state index in [1.807, 2.05) is 31.2 Å². The highest BCUT2D eigenvalue weighted by Crippen LogP contribution is 2.19. The molecule has 1 aromatic rings. The molecule has 0 spiro atoms. The molecule has 1 amide bonds. The minimum absolute atomic E-state index is 0.0204. The second kappa shape index (κ2) is 5.82. The van der Waals surface area contributed by atoms with E-state index >= 15 is 0 Å². The fourth-order valence-electron chi connectivity index (χ4n) is 1.92. The summed E-state index contributed by atoms with van der Waals surface area (Å²) in [6, 6.07) is 7.41. The van der Waals surface area contributed by atoms with Crippen LogP contribution in [0.2, 0.25) is 0 Å². The van der Waals surface area contributed by atoms with Gasteiger partial charge in [-0.3, -0.25) is 4.79 Å². The van der Waals surface area contributed by atoms with Crippen LogP contribution in [0.3, 0.4) is 0 Å². The lowest BCUT2D eigenvalue weighted by Gasteiger charge is -2.23. The van der Waals surface area contributed by atoms with Gasteiger partial charge in [-0.2, -0.15) is 0 Å². The lowest BCUT2D eigenvalue weighted by atomic mass is 10.0. The lowest BCUT2D eigenvalue weighted by Crippen LogP contribution is -2.42. The second-order valence-electron chi connectivity index (χ2n) is 4.92. The SMILES string of the molecule is Cc1ccccc1N(C)C(=O)[C@H](N)CC(C)C. The van der Waals surface area contributed by atoms with Crippen molar-refractivity contribution in [1.82, 2.24) is 0 Å². The zero-order valence-electron chi connectivity index (χ0n) is 11.1. The first-order valence-electron chi connectivity index (χ1n) is 6.02. The number of nitrogens with zero attached hydrogens (tertiary/aromatic N) is 1. The van der Waals surface area contributed by atoms with Crippen LogP contribution in [-0.2, 0) is 4.79 Å². The van der Waals surface area contributed by atoms with Gasteiger partial charge in [-0.1, -0.05) is 32.0 Å². The van der Waals surface area contributed by atoms with Crippen LogP contribution in [0.25, 0.3) is 0 Å². The standard InChI is InChI=1S/C14H22N2O/c1-10(2)9-12(15)14(17)16(4)13-8-6-5-7-11(13)3/h5-8,10,12H,9,15H2,1-4H3/t12-/m1/s1. The van der Waals surface area contributed by atoms with Gasteiger partial charge in [0.05, 0.1) is 6.04 Å². The van der Waals surface area contributed by atoms with E-state index in [0.29, 0.717) is 5.92 Å². The number of hydrogen-bond acceptors (Lipinski definition) is 2. The minimum atomic E-state index is -0.417. The van der Waals surface area contributed by atoms with Gasteiger partial charge in [-0.25, -0.2) is 0 Å². The predicted molar refractivity (Wildman–Crippen MR) is 72.0 cm³/mol. The molecule has 94 valence electrons. The van der Waals surface area contributed by atoms with Gasteiger partial charge in [0.25, 0.3) is 0 Å². The number of carbonyl (C=O) groups is 1. The zero-order valence-corrected chi connectivity index (χ0v) is 11.1. The van der Waals surface area contributed by atoms with Crippen LogP contribution in [0, 0.1) is 12.8 Å². The van der Waals surface area contributed by atoms with Crippen LogP contribution in [-0.4, -0.2) is 19.0 Å². The Morgan fingerprint density at radius 2 is 1.94 bits per heavy atom. The lowest BCUT2D eigenvalue weighted by molar-refractivity contribution is -0.119. The Kier molecular flexibility index (Phi) is 4.70. The molecular weight excluding hydrogens is 212 g/mol. The normalized spacial score (nSPS) is 12.6. The van der Waals surface area contributed by atoms with E-state index in [9.17, 15) is 4.79 Å². The number of rotatable bonds is 4. The molecule has 0 heterocycles. The van der Waals surface area contributed by atoms with Gasteiger partial charge in [-0.15, -0.1) is 0 Å². The van der Waals surface area contributed by atoms with Gasteiger partial charge < -0.3 is 10.6 Å². The van der Waals surface area contributed by atoms with Crippen molar-refractivity contribution in [3.63, 3.8) is 0 Å². The van der Waals surface area contributed by atoms with Crippen molar-refractivity contribution in [2.45, 2.75) is 33.2 Å². The van der Waals surface area contributed by atoms with Gasteiger partial charge in [0.15, 0.2) is 0 Å². The van der Waals surface area contributed by atoms with E-state index in [1.165, 1.54) is 0 Å². The Labute approximate surface area is 104 Å². The van der Waals surface area contributed by atoms with Crippen LogP contribution < -0.4 is 10.6 Å². The molecule has 17 heavy (non-hydrogen) atoms. The van der Waals surface area contributed by atoms with Crippen molar-refractivity contribution in [2.75, 3.05) is 11.9 Å². The maximum absolute atomic E-state index is 12.1. The summed E-state index contributed by atoms with van der Waals surface area (Å²) in [5.74, 6) is 0.409. The summed E-state index contributed by atoms with van der Waals surface area (Å²) in [4.78, 5) is 13.8. The van der Waals surface area contributed by atoms with E-state index in [-0.39, 0.29) is 5.91 Å². The molecule has 1 atom stereocenters. The van der Waals surface area contributed by atoms with Crippen LogP contribution in [0.15, 0.2) is 24.3 Å². The molecule has 1 rings (SSSR count). The average molecular weight is 234 g/mol. The van der Waals surface area contributed by atoms with E-state index in [4.69, 9.17) is 5.73 Å². The van der Waals surface area contributed by atoms with Crippen molar-refractivity contribution in [3.05, 3.63) is 29.8 Å². The summed E-state index contributed by atoms with van der Waals surface area (Å²) in [6.07, 6.45) is 0.717. The third kappa shape index (κ3) is 3.56. The largest absolute Gasteiger partial charge is 0.320 e. The Hall–Kier alpha value is -1.35. The molecule has 0 aromatic heterocycles. The first-order chi connectivity index (χ1) is 7.93. The Morgan fingerprint density at radius 3 is 2.47 bits per heavy atom. The number of benzene rings is 1. The molecular formula is C14H22N2O. The van der Waals surface area contributed by atoms with Crippen molar-refractivity contribution < 1.29 is 4.79 Å². The zero-order chi connectivity index (χ0) is 13.0. The topological polar surface area (TPSA) is 46.3 Å². The maximum Gasteiger partial charge on any atom is 0.243 e. The Morgan fingerprint density at radius 1 is 1.35 bits per heavy atom. The molecule has 3 nitrogen and oxygen atoms in total. The molecule has 0 aliphatic heterocycles. The fraction of sp³-hybridized carbons (Fsp3) is 0.500. The molecule has 0 fully saturated rings. The molecule has 2 N–H and O–H groups in total. The molecule has 3 heteroatoms. The van der Waals surface area contributed by atoms with Gasteiger partial charge >= 0.3 is 0 Å². The van der Waals surface area contributed by atoms with E-state index in [2.05, 4.69) is 13.8 Å². The predicted octanol–water partition coefficient (Wildman–Crippen LogP) is 2.33. The third-order valence-electron chi connectivity index (χ3n) is 2.85. The Balaban J connectivity index is 2.80. The molecule has 0 aliphatic rings. The molecule has 0 aliphatic carbocycles. The van der Waals surface area contributed by atoms with Gasteiger partial charge in [0.2, 0.25) is 5.91 Å². The van der Waals surface area contributed by atoms with E-state index in [0.717, 1.165) is 17.7 Å². The van der Waals surface area contributed by atoms with Crippen LogP contribution in [0.1, 0.15) is 25.8 Å². The number of likely N-dealkylation sites (N-methyl/N-ethyl adjacent to an activating group) is 1. The highest BCUT2D eigenvalue weighted by atomic mass is 16.2. The monoisotopic (exact) mass is 234 g/mol. The van der Waals surface area contributed by atoms with E-state index < -0.39 is 6.04 Å². The number of amides is 1. The second-order valence-corrected chi connectivity index (χ2v) is 4.92. The number of hydrogen-bond donors (Lipinski definition) is 1. The number of para-hydroxylation sites is 1. The molecule has 0 radical (unpaired) electrons. The number of carbonyl (C=O) groups excluding carboxylic acids is 1. The summed E-state index contributed by atoms with van der Waals surface area (Å²) in [5, 5.41) is 0. The molecule has 1 aromatic carbocycles. The molecule has 0 saturated carbocycles. The molecule has 0 unspecified atom stereocenters. The summed E-state index contributed by atoms with van der Waals surface area (Å²) in [5.41, 5.74) is 7.93. The van der Waals surface area contributed by atoms with Crippen molar-refractivity contribution in [3.8, 4) is 0 Å². The number of nitrogens with two attached hydrogens (primary N) is 1. The molecule has 0 saturated heterocycles. The van der Waals surface area contributed by atoms with Crippen LogP contribution in [0.5, 0.6) is 0 Å². The van der Waals surface area contributed by atoms with Gasteiger partial charge in [0, 0.05) is 12.7 Å². The highest BCUT2D eigenvalue weighted by molar-refractivity contribution is 5.97. The van der Waals surface area contributed by atoms with Crippen LogP contribution >= 0.6 is 0 Å². The summed E-state index contributed by atoms with van der Waals surface area (Å²) < 4.78 is 0. The number of aryl methyl sites for hydroxylation is 1. The van der Waals surface area contributed by atoms with Crippen molar-refractivity contribution in [1.29, 1.82) is 0 Å². The fourth-order valence-corrected chi connectivity index (χ4v) is 1.92. The summed E-state index contributed by atoms with van der Waals surface area (Å²) in [7, 11) is 1.78. The first-order valence-corrected chi connectivity index (χ1v) is 6.02.